The van der Waals surface area contributed by atoms with Crippen molar-refractivity contribution in [1.29, 1.82) is 0 Å². The van der Waals surface area contributed by atoms with Gasteiger partial charge in [0.2, 0.25) is 0 Å². The van der Waals surface area contributed by atoms with Crippen molar-refractivity contribution in [2.24, 2.45) is 0 Å². The maximum Gasteiger partial charge on any atom is 0.137 e. The van der Waals surface area contributed by atoms with Crippen LogP contribution in [0.4, 0.5) is 22.7 Å². The topological polar surface area (TPSA) is 33.5 Å². The highest BCUT2D eigenvalue weighted by molar-refractivity contribution is 6.16. The number of rotatable bonds is 9. The molecule has 0 saturated heterocycles. The summed E-state index contributed by atoms with van der Waals surface area (Å²) in [5.41, 5.74) is 28.1. The Morgan fingerprint density at radius 1 is 0.370 bits per heavy atom. The van der Waals surface area contributed by atoms with Gasteiger partial charge in [0.15, 0.2) is 0 Å². The minimum absolute atomic E-state index is 0.0429. The molecular formula is C87H68N4O. The Morgan fingerprint density at radius 3 is 1.59 bits per heavy atom. The minimum atomic E-state index is -0.546. The molecule has 1 spiro atoms. The van der Waals surface area contributed by atoms with Gasteiger partial charge in [0, 0.05) is 45.9 Å². The lowest BCUT2D eigenvalue weighted by molar-refractivity contribution is 0.483. The first-order valence-corrected chi connectivity index (χ1v) is 32.2. The first-order valence-electron chi connectivity index (χ1n) is 32.2. The molecule has 442 valence electrons. The van der Waals surface area contributed by atoms with Crippen LogP contribution in [0.25, 0.3) is 94.4 Å². The molecule has 5 heteroatoms. The van der Waals surface area contributed by atoms with Crippen LogP contribution < -0.4 is 14.5 Å². The number of fused-ring (bicyclic) bond motifs is 15. The number of benzene rings is 12. The lowest BCUT2D eigenvalue weighted by Gasteiger charge is -2.31. The van der Waals surface area contributed by atoms with Crippen molar-refractivity contribution in [2.45, 2.75) is 57.8 Å². The highest BCUT2D eigenvalue weighted by Crippen LogP contribution is 2.65. The first kappa shape index (κ1) is 55.1. The van der Waals surface area contributed by atoms with E-state index in [-0.39, 0.29) is 10.8 Å². The van der Waals surface area contributed by atoms with Gasteiger partial charge in [0.05, 0.1) is 33.5 Å². The quantitative estimate of drug-likeness (QED) is 0.144. The van der Waals surface area contributed by atoms with Crippen molar-refractivity contribution in [3.63, 3.8) is 0 Å². The molecule has 0 atom stereocenters. The van der Waals surface area contributed by atoms with E-state index in [0.717, 1.165) is 73.2 Å². The molecular weight excluding hydrogens is 1120 g/mol. The van der Waals surface area contributed by atoms with E-state index in [4.69, 9.17) is 9.72 Å². The highest BCUT2D eigenvalue weighted by Gasteiger charge is 2.53. The predicted molar refractivity (Wildman–Crippen MR) is 383 cm³/mol. The number of hydrogen-bond acceptors (Lipinski definition) is 4. The number of para-hydroxylation sites is 1. The van der Waals surface area contributed by atoms with E-state index in [9.17, 15) is 0 Å². The van der Waals surface area contributed by atoms with Crippen molar-refractivity contribution in [2.75, 3.05) is 16.5 Å². The zero-order valence-corrected chi connectivity index (χ0v) is 52.6. The van der Waals surface area contributed by atoms with E-state index >= 15 is 0 Å². The van der Waals surface area contributed by atoms with E-state index in [1.807, 2.05) is 6.20 Å². The Labute approximate surface area is 538 Å². The third kappa shape index (κ3) is 8.70. The van der Waals surface area contributed by atoms with E-state index in [1.165, 1.54) is 88.8 Å². The fourth-order valence-corrected chi connectivity index (χ4v) is 15.3. The van der Waals surface area contributed by atoms with Gasteiger partial charge in [-0.15, -0.1) is 0 Å². The Balaban J connectivity index is 0.821. The average molecular weight is 1190 g/mol. The molecule has 0 saturated carbocycles. The van der Waals surface area contributed by atoms with Gasteiger partial charge in [-0.05, 0) is 161 Å². The zero-order chi connectivity index (χ0) is 62.0. The van der Waals surface area contributed by atoms with Crippen LogP contribution in [0.15, 0.2) is 291 Å². The van der Waals surface area contributed by atoms with Crippen LogP contribution in [0.1, 0.15) is 74.9 Å². The number of anilines is 4. The molecule has 3 aliphatic rings. The fraction of sp³-hybridized carbons (Fsp3) is 0.115. The molecule has 0 unspecified atom stereocenters. The molecule has 0 fully saturated rings. The lowest BCUT2D eigenvalue weighted by Crippen LogP contribution is -2.26. The molecule has 12 aromatic carbocycles. The van der Waals surface area contributed by atoms with Crippen molar-refractivity contribution in [3.05, 3.63) is 325 Å². The Bertz CT molecular complexity index is 5210. The predicted octanol–water partition coefficient (Wildman–Crippen LogP) is 22.8. The average Bonchev–Trinajstić information content (AvgIpc) is 1.50. The summed E-state index contributed by atoms with van der Waals surface area (Å²) in [6, 6.07) is 105. The van der Waals surface area contributed by atoms with Crippen LogP contribution in [-0.4, -0.2) is 16.2 Å². The Hall–Kier alpha value is -11.0. The van der Waals surface area contributed by atoms with Gasteiger partial charge >= 0.3 is 0 Å². The molecule has 1 aliphatic heterocycles. The van der Waals surface area contributed by atoms with Gasteiger partial charge in [-0.2, -0.15) is 0 Å². The van der Waals surface area contributed by atoms with Crippen molar-refractivity contribution in [3.8, 4) is 84.1 Å². The molecule has 2 aromatic heterocycles. The summed E-state index contributed by atoms with van der Waals surface area (Å²) in [6.45, 7) is 14.3. The largest absolute Gasteiger partial charge is 0.457 e. The molecule has 14 aromatic rings. The number of aromatic nitrogens is 2. The zero-order valence-electron chi connectivity index (χ0n) is 52.6. The standard InChI is InChI=1S/C87H68N4O/c1-85(2,3)62-30-20-29-61(50-62)68-37-22-36-67(60-28-19-27-58(49-60)56-23-9-7-10-24-56)84(68)90-55-89(77-45-41-59(51-80(77)90)57-25-11-8-12-26-57)64-31-21-32-65(53-64)92-66-42-43-73-79(54-66)91(81-52-63(47-48-88-81)86(4,5)6)78-46-44-72-71-35-15-18-40-76(71)87(83(72)82(73)78)74-38-16-13-33-69(74)70-34-14-17-39-75(70)87/h7-54H,55H2,1-6H3. The van der Waals surface area contributed by atoms with Crippen molar-refractivity contribution < 1.29 is 4.74 Å². The van der Waals surface area contributed by atoms with Crippen LogP contribution in [-0.2, 0) is 16.2 Å². The molecule has 2 aliphatic carbocycles. The second-order valence-electron chi connectivity index (χ2n) is 27.1. The van der Waals surface area contributed by atoms with Gasteiger partial charge in [-0.3, -0.25) is 4.57 Å². The van der Waals surface area contributed by atoms with E-state index < -0.39 is 5.41 Å². The normalized spacial score (nSPS) is 13.5. The Kier molecular flexibility index (Phi) is 12.6. The van der Waals surface area contributed by atoms with Gasteiger partial charge in [-0.25, -0.2) is 4.98 Å². The molecule has 92 heavy (non-hydrogen) atoms. The van der Waals surface area contributed by atoms with E-state index in [2.05, 4.69) is 341 Å². The summed E-state index contributed by atoms with van der Waals surface area (Å²) in [5, 5.41) is 2.37. The summed E-state index contributed by atoms with van der Waals surface area (Å²) < 4.78 is 9.61. The number of ether oxygens (including phenoxy) is 1. The maximum absolute atomic E-state index is 7.22. The van der Waals surface area contributed by atoms with Crippen LogP contribution in [0.2, 0.25) is 0 Å². The van der Waals surface area contributed by atoms with Crippen molar-refractivity contribution in [1.82, 2.24) is 9.55 Å². The molecule has 5 nitrogen and oxygen atoms in total. The smallest absolute Gasteiger partial charge is 0.137 e. The summed E-state index contributed by atoms with van der Waals surface area (Å²) in [6.07, 6.45) is 1.97. The fourth-order valence-electron chi connectivity index (χ4n) is 15.3. The monoisotopic (exact) mass is 1180 g/mol. The lowest BCUT2D eigenvalue weighted by atomic mass is 9.69. The summed E-state index contributed by atoms with van der Waals surface area (Å²) >= 11 is 0. The molecule has 3 heterocycles. The number of nitrogens with zero attached hydrogens (tertiary/aromatic N) is 4. The van der Waals surface area contributed by atoms with Crippen LogP contribution in [0.5, 0.6) is 11.5 Å². The van der Waals surface area contributed by atoms with Crippen LogP contribution in [0.3, 0.4) is 0 Å². The van der Waals surface area contributed by atoms with Gasteiger partial charge in [0.25, 0.3) is 0 Å². The minimum Gasteiger partial charge on any atom is -0.457 e. The van der Waals surface area contributed by atoms with Gasteiger partial charge in [-0.1, -0.05) is 254 Å². The summed E-state index contributed by atoms with van der Waals surface area (Å²) in [4.78, 5) is 10.2. The summed E-state index contributed by atoms with van der Waals surface area (Å²) in [5.74, 6) is 2.35. The van der Waals surface area contributed by atoms with E-state index in [1.54, 1.807) is 0 Å². The van der Waals surface area contributed by atoms with Crippen molar-refractivity contribution >= 4 is 44.6 Å². The van der Waals surface area contributed by atoms with Gasteiger partial charge < -0.3 is 14.5 Å². The molecule has 0 N–H and O–H groups in total. The van der Waals surface area contributed by atoms with Crippen LogP contribution >= 0.6 is 0 Å². The second kappa shape index (κ2) is 21.0. The van der Waals surface area contributed by atoms with Gasteiger partial charge in [0.1, 0.15) is 24.0 Å². The highest BCUT2D eigenvalue weighted by atomic mass is 16.5. The van der Waals surface area contributed by atoms with Crippen LogP contribution in [0, 0.1) is 0 Å². The number of hydrogen-bond donors (Lipinski definition) is 0. The molecule has 0 amide bonds. The SMILES string of the molecule is CC(C)(C)c1cccc(-c2cccc(-c3cccc(-c4ccccc4)c3)c2N2CN(c3cccc(Oc4ccc5c6c7c(ccc6n(-c6cc(C(C)(C)C)ccn6)c5c4)-c4ccccc4C74c5ccccc5-c5ccccc54)c3)c3ccc(-c4ccccc4)cc32)c1. The second-order valence-corrected chi connectivity index (χ2v) is 27.1. The summed E-state index contributed by atoms with van der Waals surface area (Å²) in [7, 11) is 0. The Morgan fingerprint density at radius 2 is 0.913 bits per heavy atom. The molecule has 0 bridgehead atoms. The third-order valence-electron chi connectivity index (χ3n) is 19.6. The molecule has 17 rings (SSSR count). The van der Waals surface area contributed by atoms with E-state index in [0.29, 0.717) is 6.67 Å². The third-order valence-corrected chi connectivity index (χ3v) is 19.6. The first-order chi connectivity index (χ1) is 44.9. The maximum atomic E-state index is 7.22. The number of pyridine rings is 1. The molecule has 0 radical (unpaired) electrons.